The summed E-state index contributed by atoms with van der Waals surface area (Å²) in [6.07, 6.45) is 13.7. The molecular weight excluding hydrogens is 1020 g/mol. The van der Waals surface area contributed by atoms with Gasteiger partial charge in [-0.1, -0.05) is 137 Å². The third-order valence-corrected chi connectivity index (χ3v) is 18.1. The van der Waals surface area contributed by atoms with E-state index in [0.29, 0.717) is 0 Å². The van der Waals surface area contributed by atoms with Gasteiger partial charge < -0.3 is 38.2 Å². The zero-order valence-corrected chi connectivity index (χ0v) is 49.5. The van der Waals surface area contributed by atoms with Crippen LogP contribution in [0.2, 0.25) is 0 Å². The van der Waals surface area contributed by atoms with Gasteiger partial charge in [0.1, 0.15) is 11.5 Å². The lowest BCUT2D eigenvalue weighted by molar-refractivity contribution is -0.150. The topological polar surface area (TPSA) is 61.9 Å². The molecule has 2 heterocycles. The fraction of sp³-hybridized carbons (Fsp3) is 0.360. The minimum atomic E-state index is -0.587. The molecule has 2 aliphatic heterocycles. The van der Waals surface area contributed by atoms with Crippen LogP contribution >= 0.6 is 0 Å². The van der Waals surface area contributed by atoms with E-state index < -0.39 is 5.41 Å². The van der Waals surface area contributed by atoms with Crippen molar-refractivity contribution in [2.75, 3.05) is 76.9 Å². The van der Waals surface area contributed by atoms with E-state index in [0.717, 1.165) is 150 Å². The molecule has 0 radical (unpaired) electrons. The van der Waals surface area contributed by atoms with E-state index in [9.17, 15) is 0 Å². The van der Waals surface area contributed by atoms with Crippen molar-refractivity contribution < 1.29 is 28.4 Å². The molecule has 0 aromatic heterocycles. The molecule has 11 rings (SSSR count). The Morgan fingerprint density at radius 1 is 0.373 bits per heavy atom. The maximum Gasteiger partial charge on any atom is 0.119 e. The fourth-order valence-electron chi connectivity index (χ4n) is 12.6. The highest BCUT2D eigenvalue weighted by molar-refractivity contribution is 5.87. The lowest BCUT2D eigenvalue weighted by Gasteiger charge is -2.40. The van der Waals surface area contributed by atoms with Crippen molar-refractivity contribution in [3.8, 4) is 22.6 Å². The molecule has 0 N–H and O–H groups in total. The first-order valence-corrected chi connectivity index (χ1v) is 30.7. The van der Waals surface area contributed by atoms with Crippen molar-refractivity contribution in [2.24, 2.45) is 10.8 Å². The van der Waals surface area contributed by atoms with Gasteiger partial charge in [0.2, 0.25) is 0 Å². The summed E-state index contributed by atoms with van der Waals surface area (Å²) in [7, 11) is 3.44. The number of benzene rings is 8. The molecule has 8 heteroatoms. The molecule has 83 heavy (non-hydrogen) atoms. The average Bonchev–Trinajstić information content (AvgIpc) is 2.12. The van der Waals surface area contributed by atoms with Crippen LogP contribution in [0.25, 0.3) is 11.1 Å². The molecule has 2 fully saturated rings. The Kier molecular flexibility index (Phi) is 18.8. The van der Waals surface area contributed by atoms with E-state index in [2.05, 4.69) is 194 Å². The Balaban J connectivity index is 0.838. The van der Waals surface area contributed by atoms with E-state index in [4.69, 9.17) is 28.4 Å². The number of hydrogen-bond acceptors (Lipinski definition) is 8. The Morgan fingerprint density at radius 3 is 1.02 bits per heavy atom. The van der Waals surface area contributed by atoms with Crippen molar-refractivity contribution in [2.45, 2.75) is 96.3 Å². The smallest absolute Gasteiger partial charge is 0.119 e. The number of hydrogen-bond donors (Lipinski definition) is 0. The van der Waals surface area contributed by atoms with Crippen LogP contribution in [-0.4, -0.2) is 67.1 Å². The van der Waals surface area contributed by atoms with Gasteiger partial charge in [0.15, 0.2) is 0 Å². The monoisotopic (exact) mass is 1110 g/mol. The first-order chi connectivity index (χ1) is 40.9. The zero-order chi connectivity index (χ0) is 56.9. The number of anilines is 6. The second kappa shape index (κ2) is 27.0. The Morgan fingerprint density at radius 2 is 0.699 bits per heavy atom. The van der Waals surface area contributed by atoms with Gasteiger partial charge >= 0.3 is 0 Å². The molecule has 0 saturated carbocycles. The van der Waals surface area contributed by atoms with E-state index >= 15 is 0 Å². The van der Waals surface area contributed by atoms with Gasteiger partial charge in [0, 0.05) is 58.2 Å². The minimum Gasteiger partial charge on any atom is -0.497 e. The number of ether oxygens (including phenoxy) is 6. The summed E-state index contributed by atoms with van der Waals surface area (Å²) in [5.41, 5.74) is 16.6. The van der Waals surface area contributed by atoms with Crippen LogP contribution in [0.15, 0.2) is 194 Å². The maximum atomic E-state index is 6.07. The number of rotatable bonds is 30. The average molecular weight is 1110 g/mol. The summed E-state index contributed by atoms with van der Waals surface area (Å²) in [5.74, 6) is 1.66. The summed E-state index contributed by atoms with van der Waals surface area (Å²) in [4.78, 5) is 4.72. The molecular formula is C75H84N2O6. The van der Waals surface area contributed by atoms with Crippen molar-refractivity contribution in [1.82, 2.24) is 0 Å². The van der Waals surface area contributed by atoms with Gasteiger partial charge in [-0.05, 0) is 193 Å². The van der Waals surface area contributed by atoms with Crippen molar-refractivity contribution in [3.05, 3.63) is 228 Å². The van der Waals surface area contributed by atoms with Gasteiger partial charge in [0.25, 0.3) is 0 Å². The first-order valence-electron chi connectivity index (χ1n) is 30.7. The van der Waals surface area contributed by atoms with Crippen LogP contribution in [0.3, 0.4) is 0 Å². The van der Waals surface area contributed by atoms with Crippen LogP contribution in [0.4, 0.5) is 34.1 Å². The van der Waals surface area contributed by atoms with Gasteiger partial charge in [-0.25, -0.2) is 0 Å². The van der Waals surface area contributed by atoms with Crippen LogP contribution < -0.4 is 19.3 Å². The molecule has 0 bridgehead atoms. The second-order valence-electron chi connectivity index (χ2n) is 23.5. The molecule has 0 spiro atoms. The molecule has 3 aliphatic rings. The second-order valence-corrected chi connectivity index (χ2v) is 23.5. The number of aryl methyl sites for hydroxylation is 2. The van der Waals surface area contributed by atoms with Crippen molar-refractivity contribution in [3.63, 3.8) is 0 Å². The number of fused-ring (bicyclic) bond motifs is 3. The van der Waals surface area contributed by atoms with Crippen LogP contribution in [-0.2, 0) is 37.2 Å². The lowest BCUT2D eigenvalue weighted by Crippen LogP contribution is -2.45. The van der Waals surface area contributed by atoms with Crippen LogP contribution in [0.1, 0.15) is 111 Å². The normalized spacial score (nSPS) is 15.1. The third-order valence-electron chi connectivity index (χ3n) is 18.1. The predicted octanol–water partition coefficient (Wildman–Crippen LogP) is 18.1. The maximum absolute atomic E-state index is 6.07. The Hall–Kier alpha value is -7.20. The standard InChI is InChI=1S/C75H84N2O6/c1-5-73(53-82-54-73)51-80-49-17-9-7-11-19-57-25-33-61(34-26-57)76(65-41-45-67(78-3)46-42-65)63-37-29-59(30-38-63)75(71-23-15-13-21-69(71)70-22-14-16-24-72(70)75)60-31-39-64(40-32-60)77(66-43-47-68(79-4)48-44-66)62-35-27-58(28-36-62)20-12-8-10-18-50-81-52-74(6-2)55-83-56-74/h13-16,21-48H,5-12,17-20,49-56H2,1-4H3. The van der Waals surface area contributed by atoms with Gasteiger partial charge in [-0.2, -0.15) is 0 Å². The van der Waals surface area contributed by atoms with E-state index in [1.54, 1.807) is 14.2 Å². The van der Waals surface area contributed by atoms with Gasteiger partial charge in [0.05, 0.1) is 59.3 Å². The molecule has 8 aromatic carbocycles. The molecule has 8 nitrogen and oxygen atoms in total. The molecule has 430 valence electrons. The number of nitrogens with zero attached hydrogens (tertiary/aromatic N) is 2. The highest BCUT2D eigenvalue weighted by Crippen LogP contribution is 2.57. The SMILES string of the molecule is CCC1(COCCCCCCc2ccc(N(c3ccc(OC)cc3)c3ccc(C4(c5ccc(N(c6ccc(CCCCCCOCC7(CC)COC7)cc6)c6ccc(OC)cc6)cc5)c5ccccc5-c5ccccc54)cc3)cc2)COC1. The largest absolute Gasteiger partial charge is 0.497 e. The number of unbranched alkanes of at least 4 members (excludes halogenated alkanes) is 6. The first kappa shape index (κ1) is 57.6. The minimum absolute atomic E-state index is 0.256. The molecule has 0 amide bonds. The quantitative estimate of drug-likeness (QED) is 0.0413. The van der Waals surface area contributed by atoms with E-state index in [1.807, 2.05) is 24.3 Å². The van der Waals surface area contributed by atoms with Crippen molar-refractivity contribution in [1.29, 1.82) is 0 Å². The molecule has 0 unspecified atom stereocenters. The highest BCUT2D eigenvalue weighted by atomic mass is 16.5. The lowest BCUT2D eigenvalue weighted by atomic mass is 9.67. The summed E-state index contributed by atoms with van der Waals surface area (Å²) in [5, 5.41) is 0. The van der Waals surface area contributed by atoms with Crippen molar-refractivity contribution >= 4 is 34.1 Å². The van der Waals surface area contributed by atoms with E-state index in [-0.39, 0.29) is 10.8 Å². The van der Waals surface area contributed by atoms with Crippen LogP contribution in [0, 0.1) is 10.8 Å². The summed E-state index contributed by atoms with van der Waals surface area (Å²) in [6, 6.07) is 71.7. The third kappa shape index (κ3) is 12.7. The summed E-state index contributed by atoms with van der Waals surface area (Å²) in [6.45, 7) is 11.2. The molecule has 2 saturated heterocycles. The zero-order valence-electron chi connectivity index (χ0n) is 49.5. The number of methoxy groups -OCH3 is 2. The van der Waals surface area contributed by atoms with Crippen LogP contribution in [0.5, 0.6) is 11.5 Å². The summed E-state index contributed by atoms with van der Waals surface area (Å²) < 4.78 is 34.4. The highest BCUT2D eigenvalue weighted by Gasteiger charge is 2.46. The fourth-order valence-corrected chi connectivity index (χ4v) is 12.6. The predicted molar refractivity (Wildman–Crippen MR) is 339 cm³/mol. The Bertz CT molecular complexity index is 3060. The molecule has 8 aromatic rings. The van der Waals surface area contributed by atoms with E-state index in [1.165, 1.54) is 70.2 Å². The molecule has 0 atom stereocenters. The van der Waals surface area contributed by atoms with Gasteiger partial charge in [-0.3, -0.25) is 0 Å². The summed E-state index contributed by atoms with van der Waals surface area (Å²) >= 11 is 0. The Labute approximate surface area is 494 Å². The van der Waals surface area contributed by atoms with Gasteiger partial charge in [-0.15, -0.1) is 0 Å². The molecule has 1 aliphatic carbocycles.